The molecule has 2 N–H and O–H groups in total. The number of ether oxygens (including phenoxy) is 1. The van der Waals surface area contributed by atoms with Crippen LogP contribution >= 0.6 is 0 Å². The van der Waals surface area contributed by atoms with E-state index in [0.717, 1.165) is 29.5 Å². The molecule has 0 aliphatic heterocycles. The van der Waals surface area contributed by atoms with Crippen molar-refractivity contribution in [1.29, 1.82) is 0 Å². The quantitative estimate of drug-likeness (QED) is 0.484. The zero-order chi connectivity index (χ0) is 27.1. The van der Waals surface area contributed by atoms with Crippen LogP contribution in [-0.2, 0) is 14.3 Å². The molecule has 0 spiro atoms. The van der Waals surface area contributed by atoms with Gasteiger partial charge in [-0.1, -0.05) is 32.0 Å². The summed E-state index contributed by atoms with van der Waals surface area (Å²) in [6, 6.07) is 4.82. The van der Waals surface area contributed by atoms with Crippen molar-refractivity contribution in [2.75, 3.05) is 6.54 Å². The topological polar surface area (TPSA) is 87.7 Å². The van der Waals surface area contributed by atoms with Gasteiger partial charge in [0.05, 0.1) is 0 Å². The first kappa shape index (κ1) is 30.5. The molecule has 0 bridgehead atoms. The molecule has 1 aromatic carbocycles. The molecule has 35 heavy (non-hydrogen) atoms. The molecule has 7 nitrogen and oxygen atoms in total. The first-order chi connectivity index (χ1) is 15.9. The van der Waals surface area contributed by atoms with Crippen molar-refractivity contribution in [2.24, 2.45) is 5.92 Å². The van der Waals surface area contributed by atoms with Gasteiger partial charge in [-0.2, -0.15) is 0 Å². The number of alkyl carbamates (subject to hydrolysis) is 1. The van der Waals surface area contributed by atoms with Crippen molar-refractivity contribution in [3.8, 4) is 0 Å². The Morgan fingerprint density at radius 3 is 1.94 bits per heavy atom. The van der Waals surface area contributed by atoms with Crippen molar-refractivity contribution in [2.45, 2.75) is 112 Å². The number of nitrogens with one attached hydrogen (secondary N) is 2. The molecule has 0 heterocycles. The average Bonchev–Trinajstić information content (AvgIpc) is 2.66. The van der Waals surface area contributed by atoms with E-state index in [0.29, 0.717) is 5.92 Å². The number of amides is 3. The first-order valence-corrected chi connectivity index (χ1v) is 12.6. The fraction of sp³-hybridized carbons (Fsp3) is 0.679. The second-order valence-electron chi connectivity index (χ2n) is 11.9. The van der Waals surface area contributed by atoms with Gasteiger partial charge in [-0.15, -0.1) is 0 Å². The molecule has 198 valence electrons. The van der Waals surface area contributed by atoms with Gasteiger partial charge in [0, 0.05) is 11.6 Å². The van der Waals surface area contributed by atoms with Crippen LogP contribution in [0.1, 0.15) is 97.9 Å². The normalized spacial score (nSPS) is 13.7. The van der Waals surface area contributed by atoms with Crippen LogP contribution in [0.2, 0.25) is 0 Å². The van der Waals surface area contributed by atoms with Gasteiger partial charge in [0.25, 0.3) is 0 Å². The van der Waals surface area contributed by atoms with Crippen LogP contribution in [-0.4, -0.2) is 46.5 Å². The van der Waals surface area contributed by atoms with Crippen molar-refractivity contribution in [3.05, 3.63) is 34.9 Å². The molecule has 0 aliphatic rings. The third kappa shape index (κ3) is 10.3. The van der Waals surface area contributed by atoms with Crippen LogP contribution in [0.3, 0.4) is 0 Å². The van der Waals surface area contributed by atoms with Gasteiger partial charge in [0.1, 0.15) is 18.2 Å². The number of nitrogens with zero attached hydrogens (tertiary/aromatic N) is 1. The zero-order valence-electron chi connectivity index (χ0n) is 23.7. The predicted octanol–water partition coefficient (Wildman–Crippen LogP) is 5.44. The summed E-state index contributed by atoms with van der Waals surface area (Å²) in [6.07, 6.45) is 0.980. The van der Waals surface area contributed by atoms with Gasteiger partial charge in [-0.05, 0) is 97.8 Å². The average molecular weight is 490 g/mol. The highest BCUT2D eigenvalue weighted by atomic mass is 16.6. The van der Waals surface area contributed by atoms with Crippen LogP contribution in [0.4, 0.5) is 4.79 Å². The monoisotopic (exact) mass is 489 g/mol. The van der Waals surface area contributed by atoms with Crippen LogP contribution in [0.5, 0.6) is 0 Å². The number of benzene rings is 1. The van der Waals surface area contributed by atoms with Crippen molar-refractivity contribution >= 4 is 17.9 Å². The van der Waals surface area contributed by atoms with E-state index in [1.165, 1.54) is 0 Å². The fourth-order valence-corrected chi connectivity index (χ4v) is 4.00. The van der Waals surface area contributed by atoms with Crippen molar-refractivity contribution in [3.63, 3.8) is 0 Å². The molecule has 2 atom stereocenters. The van der Waals surface area contributed by atoms with Gasteiger partial charge < -0.3 is 20.3 Å². The maximum atomic E-state index is 13.8. The van der Waals surface area contributed by atoms with E-state index in [4.69, 9.17) is 4.74 Å². The summed E-state index contributed by atoms with van der Waals surface area (Å²) in [5.41, 5.74) is 1.54. The number of carbonyl (C=O) groups is 3. The molecule has 1 rings (SSSR count). The van der Waals surface area contributed by atoms with Crippen LogP contribution < -0.4 is 10.6 Å². The molecule has 1 aromatic rings. The smallest absolute Gasteiger partial charge is 0.408 e. The molecule has 0 aromatic heterocycles. The largest absolute Gasteiger partial charge is 0.444 e. The van der Waals surface area contributed by atoms with Crippen LogP contribution in [0.15, 0.2) is 18.2 Å². The number of carbonyl (C=O) groups excluding carboxylic acids is 3. The summed E-state index contributed by atoms with van der Waals surface area (Å²) in [5, 5.41) is 5.66. The van der Waals surface area contributed by atoms with E-state index in [1.54, 1.807) is 25.7 Å². The Bertz CT molecular complexity index is 861. The Balaban J connectivity index is 3.48. The fourth-order valence-electron chi connectivity index (χ4n) is 4.00. The highest BCUT2D eigenvalue weighted by molar-refractivity contribution is 5.91. The predicted molar refractivity (Wildman–Crippen MR) is 141 cm³/mol. The lowest BCUT2D eigenvalue weighted by Crippen LogP contribution is -2.54. The van der Waals surface area contributed by atoms with E-state index < -0.39 is 23.3 Å². The molecule has 7 heteroatoms. The van der Waals surface area contributed by atoms with E-state index in [1.807, 2.05) is 59.7 Å². The van der Waals surface area contributed by atoms with Gasteiger partial charge in [-0.3, -0.25) is 9.59 Å². The van der Waals surface area contributed by atoms with E-state index >= 15 is 0 Å². The number of hydrogen-bond donors (Lipinski definition) is 2. The molecule has 3 amide bonds. The highest BCUT2D eigenvalue weighted by Crippen LogP contribution is 2.31. The minimum atomic E-state index is -0.828. The maximum absolute atomic E-state index is 13.8. The summed E-state index contributed by atoms with van der Waals surface area (Å²) in [6.45, 7) is 21.0. The minimum Gasteiger partial charge on any atom is -0.444 e. The SMILES string of the molecule is Cc1cccc(C)c1C(C(=O)NC(C)(C)C)N(C(=O)CNC(=O)OC(C)(C)C)C(C)CCC(C)C. The summed E-state index contributed by atoms with van der Waals surface area (Å²) in [5.74, 6) is -0.114. The Labute approximate surface area is 212 Å². The second kappa shape index (κ2) is 12.4. The Morgan fingerprint density at radius 2 is 1.49 bits per heavy atom. The lowest BCUT2D eigenvalue weighted by molar-refractivity contribution is -0.143. The van der Waals surface area contributed by atoms with Gasteiger partial charge >= 0.3 is 6.09 Å². The molecule has 2 unspecified atom stereocenters. The van der Waals surface area contributed by atoms with Gasteiger partial charge in [-0.25, -0.2) is 4.79 Å². The molecular weight excluding hydrogens is 442 g/mol. The molecular formula is C28H47N3O4. The van der Waals surface area contributed by atoms with Gasteiger partial charge in [0.15, 0.2) is 0 Å². The Kier molecular flexibility index (Phi) is 10.8. The third-order valence-corrected chi connectivity index (χ3v) is 5.55. The summed E-state index contributed by atoms with van der Waals surface area (Å²) < 4.78 is 5.30. The molecule has 0 saturated heterocycles. The molecule has 0 radical (unpaired) electrons. The summed E-state index contributed by atoms with van der Waals surface area (Å²) >= 11 is 0. The van der Waals surface area contributed by atoms with Gasteiger partial charge in [0.2, 0.25) is 11.8 Å². The minimum absolute atomic E-state index is 0.222. The lowest BCUT2D eigenvalue weighted by Gasteiger charge is -2.39. The van der Waals surface area contributed by atoms with Crippen molar-refractivity contribution < 1.29 is 19.1 Å². The second-order valence-corrected chi connectivity index (χ2v) is 11.9. The van der Waals surface area contributed by atoms with Crippen molar-refractivity contribution in [1.82, 2.24) is 15.5 Å². The standard InChI is InChI=1S/C28H47N3O4/c1-18(2)15-16-21(5)31(22(32)17-29-26(34)35-28(9,10)11)24(25(33)30-27(6,7)8)23-19(3)13-12-14-20(23)4/h12-14,18,21,24H,15-17H2,1-11H3,(H,29,34)(H,30,33). The number of hydrogen-bond acceptors (Lipinski definition) is 4. The summed E-state index contributed by atoms with van der Waals surface area (Å²) in [7, 11) is 0. The highest BCUT2D eigenvalue weighted by Gasteiger charge is 2.37. The van der Waals surface area contributed by atoms with Crippen LogP contribution in [0, 0.1) is 19.8 Å². The van der Waals surface area contributed by atoms with E-state index in [-0.39, 0.29) is 24.4 Å². The van der Waals surface area contributed by atoms with E-state index in [9.17, 15) is 14.4 Å². The van der Waals surface area contributed by atoms with Crippen LogP contribution in [0.25, 0.3) is 0 Å². The Hall–Kier alpha value is -2.57. The molecule has 0 saturated carbocycles. The summed E-state index contributed by atoms with van der Waals surface area (Å²) in [4.78, 5) is 41.3. The maximum Gasteiger partial charge on any atom is 0.408 e. The molecule has 0 aliphatic carbocycles. The molecule has 0 fully saturated rings. The first-order valence-electron chi connectivity index (χ1n) is 12.6. The number of aryl methyl sites for hydroxylation is 2. The third-order valence-electron chi connectivity index (χ3n) is 5.55. The number of rotatable bonds is 9. The van der Waals surface area contributed by atoms with E-state index in [2.05, 4.69) is 24.5 Å². The zero-order valence-corrected chi connectivity index (χ0v) is 23.7. The Morgan fingerprint density at radius 1 is 0.943 bits per heavy atom. The lowest BCUT2D eigenvalue weighted by atomic mass is 9.91.